The number of benzene rings is 1. The van der Waals surface area contributed by atoms with E-state index in [0.29, 0.717) is 22.4 Å². The Balaban J connectivity index is 2.28. The summed E-state index contributed by atoms with van der Waals surface area (Å²) in [6.07, 6.45) is 1.57. The van der Waals surface area contributed by atoms with Crippen LogP contribution in [0, 0.1) is 0 Å². The summed E-state index contributed by atoms with van der Waals surface area (Å²) in [6.45, 7) is 0. The molecule has 0 atom stereocenters. The second kappa shape index (κ2) is 4.00. The average Bonchev–Trinajstić information content (AvgIpc) is 2.39. The summed E-state index contributed by atoms with van der Waals surface area (Å²) < 4.78 is 5.56. The monoisotopic (exact) mass is 239 g/mol. The standard InChI is InChI=1S/C14H9NO3/c16-10-4-1-3-9(7-10)13-8-12(17)11-5-2-6-15-14(11)18-13/h1-8,16H. The average molecular weight is 239 g/mol. The number of nitrogens with zero attached hydrogens (tertiary/aromatic N) is 1. The SMILES string of the molecule is O=c1cc(-c2cccc(O)c2)oc2ncccc12. The summed E-state index contributed by atoms with van der Waals surface area (Å²) in [5, 5.41) is 9.87. The van der Waals surface area contributed by atoms with E-state index in [4.69, 9.17) is 4.42 Å². The summed E-state index contributed by atoms with van der Waals surface area (Å²) in [4.78, 5) is 15.9. The summed E-state index contributed by atoms with van der Waals surface area (Å²) in [7, 11) is 0. The van der Waals surface area contributed by atoms with Crippen LogP contribution < -0.4 is 5.43 Å². The Labute approximate surface area is 102 Å². The van der Waals surface area contributed by atoms with Crippen LogP contribution in [0.5, 0.6) is 5.75 Å². The van der Waals surface area contributed by atoms with Gasteiger partial charge < -0.3 is 9.52 Å². The zero-order valence-electron chi connectivity index (χ0n) is 9.33. The Hall–Kier alpha value is -2.62. The van der Waals surface area contributed by atoms with Crippen molar-refractivity contribution in [3.05, 3.63) is 58.9 Å². The molecule has 2 aromatic heterocycles. The van der Waals surface area contributed by atoms with Crippen LogP contribution in [0.2, 0.25) is 0 Å². The van der Waals surface area contributed by atoms with Crippen LogP contribution in [0.15, 0.2) is 57.9 Å². The van der Waals surface area contributed by atoms with Crippen molar-refractivity contribution < 1.29 is 9.52 Å². The number of hydrogen-bond acceptors (Lipinski definition) is 4. The first-order chi connectivity index (χ1) is 8.74. The predicted molar refractivity (Wildman–Crippen MR) is 67.4 cm³/mol. The smallest absolute Gasteiger partial charge is 0.230 e. The van der Waals surface area contributed by atoms with Gasteiger partial charge in [-0.3, -0.25) is 4.79 Å². The van der Waals surface area contributed by atoms with E-state index in [9.17, 15) is 9.90 Å². The van der Waals surface area contributed by atoms with Crippen LogP contribution in [0.1, 0.15) is 0 Å². The summed E-state index contributed by atoms with van der Waals surface area (Å²) >= 11 is 0. The minimum absolute atomic E-state index is 0.122. The summed E-state index contributed by atoms with van der Waals surface area (Å²) in [5.74, 6) is 0.512. The maximum atomic E-state index is 11.9. The van der Waals surface area contributed by atoms with E-state index in [1.807, 2.05) is 0 Å². The molecule has 0 saturated carbocycles. The molecule has 0 fully saturated rings. The van der Waals surface area contributed by atoms with Gasteiger partial charge in [0.05, 0.1) is 5.39 Å². The quantitative estimate of drug-likeness (QED) is 0.708. The molecular weight excluding hydrogens is 230 g/mol. The summed E-state index contributed by atoms with van der Waals surface area (Å²) in [5.41, 5.74) is 0.783. The van der Waals surface area contributed by atoms with E-state index in [1.54, 1.807) is 36.5 Å². The predicted octanol–water partition coefficient (Wildman–Crippen LogP) is 2.56. The molecule has 0 aliphatic carbocycles. The van der Waals surface area contributed by atoms with Gasteiger partial charge >= 0.3 is 0 Å². The lowest BCUT2D eigenvalue weighted by molar-refractivity contribution is 0.475. The normalized spacial score (nSPS) is 10.7. The van der Waals surface area contributed by atoms with E-state index in [-0.39, 0.29) is 11.2 Å². The number of fused-ring (bicyclic) bond motifs is 1. The van der Waals surface area contributed by atoms with Crippen molar-refractivity contribution in [3.8, 4) is 17.1 Å². The van der Waals surface area contributed by atoms with E-state index >= 15 is 0 Å². The Morgan fingerprint density at radius 1 is 1.11 bits per heavy atom. The molecule has 4 heteroatoms. The van der Waals surface area contributed by atoms with Crippen LogP contribution >= 0.6 is 0 Å². The number of phenolic OH excluding ortho intramolecular Hbond substituents is 1. The Kier molecular flexibility index (Phi) is 2.34. The molecule has 18 heavy (non-hydrogen) atoms. The fraction of sp³-hybridized carbons (Fsp3) is 0. The molecule has 0 aliphatic rings. The van der Waals surface area contributed by atoms with Crippen LogP contribution in [0.25, 0.3) is 22.4 Å². The summed E-state index contributed by atoms with van der Waals surface area (Å²) in [6, 6.07) is 11.3. The van der Waals surface area contributed by atoms with Gasteiger partial charge in [0.25, 0.3) is 0 Å². The number of aromatic nitrogens is 1. The molecule has 0 spiro atoms. The van der Waals surface area contributed by atoms with Crippen molar-refractivity contribution in [3.63, 3.8) is 0 Å². The molecular formula is C14H9NO3. The first kappa shape index (κ1) is 10.5. The minimum Gasteiger partial charge on any atom is -0.508 e. The van der Waals surface area contributed by atoms with Gasteiger partial charge in [0.1, 0.15) is 11.5 Å². The molecule has 2 heterocycles. The largest absolute Gasteiger partial charge is 0.508 e. The fourth-order valence-corrected chi connectivity index (χ4v) is 1.79. The van der Waals surface area contributed by atoms with Crippen molar-refractivity contribution >= 4 is 11.1 Å². The van der Waals surface area contributed by atoms with Gasteiger partial charge in [0.2, 0.25) is 5.71 Å². The Morgan fingerprint density at radius 3 is 2.83 bits per heavy atom. The molecule has 3 rings (SSSR count). The van der Waals surface area contributed by atoms with Gasteiger partial charge in [-0.25, -0.2) is 4.98 Å². The molecule has 3 aromatic rings. The number of aromatic hydroxyl groups is 1. The van der Waals surface area contributed by atoms with Crippen molar-refractivity contribution in [2.24, 2.45) is 0 Å². The lowest BCUT2D eigenvalue weighted by Crippen LogP contribution is -2.00. The minimum atomic E-state index is -0.150. The highest BCUT2D eigenvalue weighted by Crippen LogP contribution is 2.23. The number of phenols is 1. The number of pyridine rings is 1. The molecule has 0 bridgehead atoms. The third kappa shape index (κ3) is 1.73. The van der Waals surface area contributed by atoms with Gasteiger partial charge in [-0.2, -0.15) is 0 Å². The maximum Gasteiger partial charge on any atom is 0.230 e. The van der Waals surface area contributed by atoms with Crippen molar-refractivity contribution in [1.82, 2.24) is 4.98 Å². The third-order valence-electron chi connectivity index (χ3n) is 2.64. The van der Waals surface area contributed by atoms with Crippen molar-refractivity contribution in [1.29, 1.82) is 0 Å². The second-order valence-electron chi connectivity index (χ2n) is 3.88. The highest BCUT2D eigenvalue weighted by molar-refractivity contribution is 5.75. The van der Waals surface area contributed by atoms with Crippen molar-refractivity contribution in [2.75, 3.05) is 0 Å². The van der Waals surface area contributed by atoms with E-state index < -0.39 is 0 Å². The van der Waals surface area contributed by atoms with Crippen LogP contribution in [-0.2, 0) is 0 Å². The lowest BCUT2D eigenvalue weighted by atomic mass is 10.1. The van der Waals surface area contributed by atoms with Crippen LogP contribution in [0.3, 0.4) is 0 Å². The molecule has 0 unspecified atom stereocenters. The molecule has 1 aromatic carbocycles. The van der Waals surface area contributed by atoms with Gasteiger partial charge in [0.15, 0.2) is 5.43 Å². The number of hydrogen-bond donors (Lipinski definition) is 1. The lowest BCUT2D eigenvalue weighted by Gasteiger charge is -2.02. The fourth-order valence-electron chi connectivity index (χ4n) is 1.79. The van der Waals surface area contributed by atoms with Crippen LogP contribution in [0.4, 0.5) is 0 Å². The molecule has 0 amide bonds. The molecule has 0 aliphatic heterocycles. The van der Waals surface area contributed by atoms with E-state index in [2.05, 4.69) is 4.98 Å². The zero-order valence-corrected chi connectivity index (χ0v) is 9.33. The van der Waals surface area contributed by atoms with Crippen LogP contribution in [-0.4, -0.2) is 10.1 Å². The molecule has 0 saturated heterocycles. The van der Waals surface area contributed by atoms with E-state index in [1.165, 1.54) is 12.1 Å². The molecule has 4 nitrogen and oxygen atoms in total. The molecule has 88 valence electrons. The maximum absolute atomic E-state index is 11.9. The number of rotatable bonds is 1. The van der Waals surface area contributed by atoms with Gasteiger partial charge in [-0.15, -0.1) is 0 Å². The van der Waals surface area contributed by atoms with Crippen molar-refractivity contribution in [2.45, 2.75) is 0 Å². The topological polar surface area (TPSA) is 63.3 Å². The third-order valence-corrected chi connectivity index (χ3v) is 2.64. The zero-order chi connectivity index (χ0) is 12.5. The Bertz CT molecular complexity index is 777. The first-order valence-corrected chi connectivity index (χ1v) is 5.42. The van der Waals surface area contributed by atoms with Gasteiger partial charge in [-0.05, 0) is 24.3 Å². The Morgan fingerprint density at radius 2 is 2.00 bits per heavy atom. The van der Waals surface area contributed by atoms with Gasteiger partial charge in [0, 0.05) is 17.8 Å². The molecule has 1 N–H and O–H groups in total. The highest BCUT2D eigenvalue weighted by Gasteiger charge is 2.07. The highest BCUT2D eigenvalue weighted by atomic mass is 16.3. The van der Waals surface area contributed by atoms with Gasteiger partial charge in [-0.1, -0.05) is 12.1 Å². The molecule has 0 radical (unpaired) electrons. The first-order valence-electron chi connectivity index (χ1n) is 5.42. The second-order valence-corrected chi connectivity index (χ2v) is 3.88. The van der Waals surface area contributed by atoms with E-state index in [0.717, 1.165) is 0 Å².